The summed E-state index contributed by atoms with van der Waals surface area (Å²) in [4.78, 5) is 35.2. The molecule has 2 atom stereocenters. The molecule has 0 radical (unpaired) electrons. The molecule has 0 aromatic heterocycles. The number of carbonyl (C=O) groups excluding carboxylic acids is 2. The Balaban J connectivity index is 3.90. The van der Waals surface area contributed by atoms with Crippen LogP contribution in [0.25, 0.3) is 0 Å². The highest BCUT2D eigenvalue weighted by Gasteiger charge is 2.26. The number of carbonyl (C=O) groups is 2. The standard InChI is InChI=1S/C65H116NO8P/c1-3-5-7-9-11-13-15-17-19-21-23-25-26-27-28-29-30-31-32-33-34-35-36-38-39-41-43-45-47-49-51-53-55-57-64(67)71-61-63(62-73-75(69,70)72-60-59-66)74-65(68)58-56-54-52-50-48-46-44-42-40-37-24-22-20-18-16-14-12-10-8-6-4-2/h6,8,12,14-15,17-18,20-21,23-24,26-27,37,63H,3-5,7,9-11,13,16,19,22,25,28-36,38-62,66H2,1-2H3,(H,69,70)/b8-6-,14-12-,17-15-,20-18-,23-21-,27-26-,37-24-. The molecule has 0 aromatic carbocycles. The van der Waals surface area contributed by atoms with Crippen LogP contribution in [0.3, 0.4) is 0 Å². The lowest BCUT2D eigenvalue weighted by Crippen LogP contribution is -2.29. The van der Waals surface area contributed by atoms with Crippen molar-refractivity contribution in [1.29, 1.82) is 0 Å². The first-order chi connectivity index (χ1) is 36.8. The van der Waals surface area contributed by atoms with Crippen molar-refractivity contribution in [2.45, 2.75) is 290 Å². The van der Waals surface area contributed by atoms with Crippen molar-refractivity contribution < 1.29 is 37.6 Å². The van der Waals surface area contributed by atoms with Crippen molar-refractivity contribution >= 4 is 19.8 Å². The molecule has 75 heavy (non-hydrogen) atoms. The van der Waals surface area contributed by atoms with Crippen molar-refractivity contribution in [3.8, 4) is 0 Å². The van der Waals surface area contributed by atoms with Gasteiger partial charge in [0.25, 0.3) is 0 Å². The molecule has 0 aliphatic rings. The summed E-state index contributed by atoms with van der Waals surface area (Å²) < 4.78 is 33.1. The molecule has 2 unspecified atom stereocenters. The van der Waals surface area contributed by atoms with Gasteiger partial charge in [-0.25, -0.2) is 4.57 Å². The van der Waals surface area contributed by atoms with Crippen LogP contribution in [-0.4, -0.2) is 49.3 Å². The van der Waals surface area contributed by atoms with Crippen LogP contribution >= 0.6 is 7.82 Å². The first-order valence-corrected chi connectivity index (χ1v) is 32.6. The number of hydrogen-bond donors (Lipinski definition) is 2. The van der Waals surface area contributed by atoms with Crippen molar-refractivity contribution in [2.24, 2.45) is 5.73 Å². The van der Waals surface area contributed by atoms with Crippen LogP contribution in [0.1, 0.15) is 284 Å². The average Bonchev–Trinajstić information content (AvgIpc) is 3.40. The third-order valence-corrected chi connectivity index (χ3v) is 14.2. The maximum atomic E-state index is 12.7. The highest BCUT2D eigenvalue weighted by atomic mass is 31.2. The van der Waals surface area contributed by atoms with Gasteiger partial charge >= 0.3 is 19.8 Å². The van der Waals surface area contributed by atoms with E-state index in [0.29, 0.717) is 6.42 Å². The Morgan fingerprint density at radius 1 is 0.413 bits per heavy atom. The molecule has 0 saturated heterocycles. The topological polar surface area (TPSA) is 134 Å². The number of phosphoric ester groups is 1. The van der Waals surface area contributed by atoms with Crippen LogP contribution in [0.4, 0.5) is 0 Å². The second kappa shape index (κ2) is 60.4. The highest BCUT2D eigenvalue weighted by molar-refractivity contribution is 7.47. The van der Waals surface area contributed by atoms with Gasteiger partial charge in [0.2, 0.25) is 0 Å². The van der Waals surface area contributed by atoms with E-state index in [1.54, 1.807) is 0 Å². The minimum absolute atomic E-state index is 0.0494. The number of nitrogens with two attached hydrogens (primary N) is 1. The number of unbranched alkanes of at least 4 members (excludes halogenated alkanes) is 31. The Kier molecular flexibility index (Phi) is 58.2. The first-order valence-electron chi connectivity index (χ1n) is 31.1. The molecule has 0 fully saturated rings. The molecule has 0 aromatic rings. The fourth-order valence-electron chi connectivity index (χ4n) is 8.69. The fourth-order valence-corrected chi connectivity index (χ4v) is 9.46. The van der Waals surface area contributed by atoms with E-state index >= 15 is 0 Å². The van der Waals surface area contributed by atoms with Gasteiger partial charge in [-0.3, -0.25) is 18.6 Å². The number of esters is 2. The Labute approximate surface area is 462 Å². The Hall–Kier alpha value is -2.81. The summed E-state index contributed by atoms with van der Waals surface area (Å²) in [5.41, 5.74) is 5.39. The molecule has 0 spiro atoms. The minimum atomic E-state index is -4.39. The number of phosphoric acid groups is 1. The van der Waals surface area contributed by atoms with Crippen LogP contribution in [0, 0.1) is 0 Å². The SMILES string of the molecule is CC/C=C\C/C=C\C/C=C\C/C=C\CCCCCCCCCCC(=O)OC(COC(=O)CCCCCCCCCCCCCCCCCCCC/C=C\C/C=C\C/C=C\CCCCCCC)COP(=O)(O)OCCN. The van der Waals surface area contributed by atoms with E-state index in [1.165, 1.54) is 167 Å². The molecule has 0 aliphatic carbocycles. The Morgan fingerprint density at radius 3 is 1.09 bits per heavy atom. The number of rotatable bonds is 58. The fraction of sp³-hybridized carbons (Fsp3) is 0.754. The van der Waals surface area contributed by atoms with Gasteiger partial charge in [-0.1, -0.05) is 266 Å². The molecule has 9 nitrogen and oxygen atoms in total. The summed E-state index contributed by atoms with van der Waals surface area (Å²) >= 11 is 0. The van der Waals surface area contributed by atoms with Crippen molar-refractivity contribution in [1.82, 2.24) is 0 Å². The smallest absolute Gasteiger partial charge is 0.462 e. The van der Waals surface area contributed by atoms with Gasteiger partial charge in [-0.2, -0.15) is 0 Å². The summed E-state index contributed by atoms with van der Waals surface area (Å²) in [6, 6.07) is 0. The molecule has 434 valence electrons. The van der Waals surface area contributed by atoms with Crippen LogP contribution in [0.5, 0.6) is 0 Å². The average molecular weight is 1070 g/mol. The minimum Gasteiger partial charge on any atom is -0.462 e. The molecule has 0 rings (SSSR count). The van der Waals surface area contributed by atoms with Crippen molar-refractivity contribution in [3.63, 3.8) is 0 Å². The van der Waals surface area contributed by atoms with E-state index < -0.39 is 26.5 Å². The van der Waals surface area contributed by atoms with E-state index in [2.05, 4.69) is 98.9 Å². The highest BCUT2D eigenvalue weighted by Crippen LogP contribution is 2.43. The summed E-state index contributed by atoms with van der Waals surface area (Å²) in [6.45, 7) is 3.63. The molecular formula is C65H116NO8P. The quantitative estimate of drug-likeness (QED) is 0.0264. The zero-order valence-electron chi connectivity index (χ0n) is 48.5. The Morgan fingerprint density at radius 2 is 0.733 bits per heavy atom. The zero-order valence-corrected chi connectivity index (χ0v) is 49.4. The predicted molar refractivity (Wildman–Crippen MR) is 321 cm³/mol. The van der Waals surface area contributed by atoms with Gasteiger partial charge in [-0.15, -0.1) is 0 Å². The molecule has 0 saturated carbocycles. The zero-order chi connectivity index (χ0) is 54.5. The second-order valence-corrected chi connectivity index (χ2v) is 22.0. The van der Waals surface area contributed by atoms with Crippen molar-refractivity contribution in [3.05, 3.63) is 85.1 Å². The van der Waals surface area contributed by atoms with Crippen LogP contribution in [0.2, 0.25) is 0 Å². The van der Waals surface area contributed by atoms with Crippen LogP contribution < -0.4 is 5.73 Å². The van der Waals surface area contributed by atoms with Gasteiger partial charge in [-0.05, 0) is 89.9 Å². The van der Waals surface area contributed by atoms with Crippen LogP contribution in [-0.2, 0) is 32.7 Å². The van der Waals surface area contributed by atoms with E-state index in [4.69, 9.17) is 24.3 Å². The van der Waals surface area contributed by atoms with E-state index in [9.17, 15) is 19.0 Å². The number of hydrogen-bond acceptors (Lipinski definition) is 8. The lowest BCUT2D eigenvalue weighted by molar-refractivity contribution is -0.161. The normalized spacial score (nSPS) is 13.6. The Bertz CT molecular complexity index is 1500. The van der Waals surface area contributed by atoms with Gasteiger partial charge in [0.15, 0.2) is 6.10 Å². The lowest BCUT2D eigenvalue weighted by Gasteiger charge is -2.19. The predicted octanol–water partition coefficient (Wildman–Crippen LogP) is 19.9. The van der Waals surface area contributed by atoms with Gasteiger partial charge in [0, 0.05) is 19.4 Å². The van der Waals surface area contributed by atoms with E-state index in [-0.39, 0.29) is 38.6 Å². The summed E-state index contributed by atoms with van der Waals surface area (Å²) in [7, 11) is -4.39. The number of ether oxygens (including phenoxy) is 2. The van der Waals surface area contributed by atoms with Crippen molar-refractivity contribution in [2.75, 3.05) is 26.4 Å². The third-order valence-electron chi connectivity index (χ3n) is 13.3. The molecule has 10 heteroatoms. The second-order valence-electron chi connectivity index (χ2n) is 20.5. The summed E-state index contributed by atoms with van der Waals surface area (Å²) in [5, 5.41) is 0. The van der Waals surface area contributed by atoms with Gasteiger partial charge in [0.05, 0.1) is 13.2 Å². The molecular weight excluding hydrogens is 954 g/mol. The maximum Gasteiger partial charge on any atom is 0.472 e. The first kappa shape index (κ1) is 72.2. The lowest BCUT2D eigenvalue weighted by atomic mass is 10.0. The largest absolute Gasteiger partial charge is 0.472 e. The molecule has 0 aliphatic heterocycles. The molecule has 0 heterocycles. The molecule has 0 bridgehead atoms. The summed E-state index contributed by atoms with van der Waals surface area (Å²) in [6.07, 6.45) is 79.4. The van der Waals surface area contributed by atoms with E-state index in [1.807, 2.05) is 0 Å². The van der Waals surface area contributed by atoms with Crippen LogP contribution in [0.15, 0.2) is 85.1 Å². The van der Waals surface area contributed by atoms with Gasteiger partial charge in [0.1, 0.15) is 6.61 Å². The summed E-state index contributed by atoms with van der Waals surface area (Å²) in [5.74, 6) is -0.832. The molecule has 0 amide bonds. The number of allylic oxidation sites excluding steroid dienone is 14. The van der Waals surface area contributed by atoms with E-state index in [0.717, 1.165) is 83.5 Å². The third kappa shape index (κ3) is 60.3. The maximum absolute atomic E-state index is 12.7. The van der Waals surface area contributed by atoms with Gasteiger partial charge < -0.3 is 20.1 Å². The monoisotopic (exact) mass is 1070 g/mol. The molecule has 3 N–H and O–H groups in total.